The Morgan fingerprint density at radius 2 is 1.87 bits per heavy atom. The summed E-state index contributed by atoms with van der Waals surface area (Å²) in [5, 5.41) is 11.2. The number of ether oxygens (including phenoxy) is 1. The molecule has 0 aliphatic rings. The summed E-state index contributed by atoms with van der Waals surface area (Å²) in [4.78, 5) is 12.6. The lowest BCUT2D eigenvalue weighted by Crippen LogP contribution is -2.33. The van der Waals surface area contributed by atoms with E-state index in [1.165, 1.54) is 12.1 Å². The Bertz CT molecular complexity index is 649. The van der Waals surface area contributed by atoms with E-state index in [2.05, 4.69) is 0 Å². The Kier molecular flexibility index (Phi) is 5.76. The number of nitrogens with zero attached hydrogens (tertiary/aromatic N) is 2. The van der Waals surface area contributed by atoms with Crippen LogP contribution in [0.15, 0.2) is 48.5 Å². The third kappa shape index (κ3) is 4.58. The summed E-state index contributed by atoms with van der Waals surface area (Å²) in [5.41, 5.74) is 12.3. The third-order valence-corrected chi connectivity index (χ3v) is 3.31. The molecule has 0 spiro atoms. The highest BCUT2D eigenvalue weighted by Crippen LogP contribution is 2.30. The van der Waals surface area contributed by atoms with Gasteiger partial charge >= 0.3 is 0 Å². The first-order valence-corrected chi connectivity index (χ1v) is 7.28. The summed E-state index contributed by atoms with van der Waals surface area (Å²) >= 11 is 0. The highest BCUT2D eigenvalue weighted by molar-refractivity contribution is 5.68. The number of hydrogen-bond donors (Lipinski definition) is 2. The molecule has 0 heterocycles. The highest BCUT2D eigenvalue weighted by atomic mass is 16.6. The maximum atomic E-state index is 11.2. The Morgan fingerprint density at radius 3 is 2.52 bits per heavy atom. The molecule has 0 fully saturated rings. The molecule has 0 amide bonds. The largest absolute Gasteiger partial charge is 0.492 e. The van der Waals surface area contributed by atoms with Crippen LogP contribution < -0.4 is 21.1 Å². The van der Waals surface area contributed by atoms with Crippen LogP contribution in [0.1, 0.15) is 0 Å². The fourth-order valence-corrected chi connectivity index (χ4v) is 2.25. The van der Waals surface area contributed by atoms with Crippen LogP contribution in [0, 0.1) is 10.1 Å². The predicted octanol–water partition coefficient (Wildman–Crippen LogP) is 2.02. The zero-order valence-electron chi connectivity index (χ0n) is 12.7. The molecular formula is C16H20N4O3. The van der Waals surface area contributed by atoms with Gasteiger partial charge in [-0.25, -0.2) is 0 Å². The van der Waals surface area contributed by atoms with Crippen molar-refractivity contribution in [3.8, 4) is 5.75 Å². The zero-order chi connectivity index (χ0) is 16.7. The lowest BCUT2D eigenvalue weighted by molar-refractivity contribution is -0.384. The summed E-state index contributed by atoms with van der Waals surface area (Å²) in [6.07, 6.45) is 0. The van der Waals surface area contributed by atoms with Gasteiger partial charge in [-0.3, -0.25) is 10.1 Å². The monoisotopic (exact) mass is 316 g/mol. The van der Waals surface area contributed by atoms with Crippen LogP contribution in [0.25, 0.3) is 0 Å². The molecule has 0 unspecified atom stereocenters. The Hall–Kier alpha value is -2.80. The number of para-hydroxylation sites is 1. The number of nitrogen functional groups attached to an aromatic ring is 1. The van der Waals surface area contributed by atoms with Crippen molar-refractivity contribution in [2.45, 2.75) is 0 Å². The minimum absolute atomic E-state index is 0.00682. The fraction of sp³-hybridized carbons (Fsp3) is 0.250. The average Bonchev–Trinajstić information content (AvgIpc) is 2.54. The van der Waals surface area contributed by atoms with Crippen molar-refractivity contribution in [2.24, 2.45) is 5.73 Å². The van der Waals surface area contributed by atoms with E-state index in [1.807, 2.05) is 35.2 Å². The van der Waals surface area contributed by atoms with Crippen molar-refractivity contribution >= 4 is 17.1 Å². The molecule has 2 rings (SSSR count). The van der Waals surface area contributed by atoms with Gasteiger partial charge in [-0.2, -0.15) is 0 Å². The number of nitrogens with two attached hydrogens (primary N) is 2. The van der Waals surface area contributed by atoms with E-state index in [4.69, 9.17) is 16.2 Å². The molecule has 0 aliphatic heterocycles. The first kappa shape index (κ1) is 16.6. The Balaban J connectivity index is 2.11. The first-order valence-electron chi connectivity index (χ1n) is 7.28. The van der Waals surface area contributed by atoms with E-state index >= 15 is 0 Å². The van der Waals surface area contributed by atoms with E-state index in [0.717, 1.165) is 5.75 Å². The molecule has 0 saturated heterocycles. The van der Waals surface area contributed by atoms with Gasteiger partial charge in [0.25, 0.3) is 5.69 Å². The minimum atomic E-state index is -0.420. The molecule has 23 heavy (non-hydrogen) atoms. The summed E-state index contributed by atoms with van der Waals surface area (Å²) in [6.45, 7) is 1.70. The van der Waals surface area contributed by atoms with Gasteiger partial charge in [0.1, 0.15) is 18.0 Å². The van der Waals surface area contributed by atoms with Crippen molar-refractivity contribution in [3.05, 3.63) is 58.6 Å². The quantitative estimate of drug-likeness (QED) is 0.438. The normalized spacial score (nSPS) is 10.3. The Morgan fingerprint density at radius 1 is 1.13 bits per heavy atom. The van der Waals surface area contributed by atoms with Crippen molar-refractivity contribution in [1.29, 1.82) is 0 Å². The van der Waals surface area contributed by atoms with E-state index in [-0.39, 0.29) is 5.69 Å². The number of anilines is 2. The van der Waals surface area contributed by atoms with E-state index in [0.29, 0.717) is 37.6 Å². The number of rotatable bonds is 8. The molecule has 122 valence electrons. The van der Waals surface area contributed by atoms with E-state index in [1.54, 1.807) is 6.07 Å². The van der Waals surface area contributed by atoms with Gasteiger partial charge in [0.2, 0.25) is 0 Å². The summed E-state index contributed by atoms with van der Waals surface area (Å²) < 4.78 is 5.65. The molecule has 0 bridgehead atoms. The third-order valence-electron chi connectivity index (χ3n) is 3.31. The van der Waals surface area contributed by atoms with Crippen molar-refractivity contribution < 1.29 is 9.66 Å². The van der Waals surface area contributed by atoms with Gasteiger partial charge in [-0.15, -0.1) is 0 Å². The SMILES string of the molecule is NCCN(CCOc1ccccc1)c1cc(N)ccc1[N+](=O)[O-]. The molecule has 7 nitrogen and oxygen atoms in total. The molecule has 0 saturated carbocycles. The second kappa shape index (κ2) is 8.00. The van der Waals surface area contributed by atoms with E-state index in [9.17, 15) is 10.1 Å². The zero-order valence-corrected chi connectivity index (χ0v) is 12.7. The maximum Gasteiger partial charge on any atom is 0.292 e. The van der Waals surface area contributed by atoms with Gasteiger partial charge in [0.05, 0.1) is 11.5 Å². The molecule has 0 aromatic heterocycles. The molecule has 2 aromatic rings. The van der Waals surface area contributed by atoms with Crippen LogP contribution in [-0.4, -0.2) is 31.2 Å². The van der Waals surface area contributed by atoms with E-state index < -0.39 is 4.92 Å². The number of nitro groups is 1. The lowest BCUT2D eigenvalue weighted by Gasteiger charge is -2.24. The highest BCUT2D eigenvalue weighted by Gasteiger charge is 2.19. The maximum absolute atomic E-state index is 11.2. The minimum Gasteiger partial charge on any atom is -0.492 e. The van der Waals surface area contributed by atoms with Crippen LogP contribution in [0.4, 0.5) is 17.1 Å². The van der Waals surface area contributed by atoms with Gasteiger partial charge in [-0.1, -0.05) is 18.2 Å². The van der Waals surface area contributed by atoms with Crippen molar-refractivity contribution in [2.75, 3.05) is 36.9 Å². The van der Waals surface area contributed by atoms with Crippen LogP contribution in [-0.2, 0) is 0 Å². The smallest absolute Gasteiger partial charge is 0.292 e. The summed E-state index contributed by atoms with van der Waals surface area (Å²) in [5.74, 6) is 0.752. The van der Waals surface area contributed by atoms with Crippen LogP contribution in [0.3, 0.4) is 0 Å². The van der Waals surface area contributed by atoms with Gasteiger partial charge in [0.15, 0.2) is 0 Å². The summed E-state index contributed by atoms with van der Waals surface area (Å²) in [6, 6.07) is 13.9. The molecule has 0 atom stereocenters. The van der Waals surface area contributed by atoms with Crippen molar-refractivity contribution in [3.63, 3.8) is 0 Å². The standard InChI is InChI=1S/C16H20N4O3/c17-8-9-19(10-11-23-14-4-2-1-3-5-14)16-12-13(18)6-7-15(16)20(21)22/h1-7,12H,8-11,17-18H2. The van der Waals surface area contributed by atoms with Crippen LogP contribution in [0.2, 0.25) is 0 Å². The van der Waals surface area contributed by atoms with Crippen LogP contribution >= 0.6 is 0 Å². The summed E-state index contributed by atoms with van der Waals surface area (Å²) in [7, 11) is 0. The number of benzene rings is 2. The van der Waals surface area contributed by atoms with Gasteiger partial charge in [0, 0.05) is 24.8 Å². The van der Waals surface area contributed by atoms with Crippen LogP contribution in [0.5, 0.6) is 5.75 Å². The lowest BCUT2D eigenvalue weighted by atomic mass is 10.2. The molecule has 0 radical (unpaired) electrons. The Labute approximate surface area is 134 Å². The number of nitro benzene ring substituents is 1. The van der Waals surface area contributed by atoms with Gasteiger partial charge in [-0.05, 0) is 24.3 Å². The molecule has 0 aliphatic carbocycles. The average molecular weight is 316 g/mol. The second-order valence-corrected chi connectivity index (χ2v) is 4.94. The first-order chi connectivity index (χ1) is 11.1. The molecule has 2 aromatic carbocycles. The molecular weight excluding hydrogens is 296 g/mol. The second-order valence-electron chi connectivity index (χ2n) is 4.94. The molecule has 4 N–H and O–H groups in total. The van der Waals surface area contributed by atoms with Gasteiger partial charge < -0.3 is 21.1 Å². The number of hydrogen-bond acceptors (Lipinski definition) is 6. The predicted molar refractivity (Wildman–Crippen MR) is 90.7 cm³/mol. The van der Waals surface area contributed by atoms with Crippen molar-refractivity contribution in [1.82, 2.24) is 0 Å². The topological polar surface area (TPSA) is 108 Å². The fourth-order valence-electron chi connectivity index (χ4n) is 2.25. The molecule has 7 heteroatoms.